The Balaban J connectivity index is 2.43. The lowest BCUT2D eigenvalue weighted by atomic mass is 10.1. The lowest BCUT2D eigenvalue weighted by molar-refractivity contribution is -0.122. The Bertz CT molecular complexity index is 375. The number of rotatable bonds is 5. The molecule has 0 spiro atoms. The summed E-state index contributed by atoms with van der Waals surface area (Å²) in [7, 11) is 0. The van der Waals surface area contributed by atoms with Crippen LogP contribution >= 0.6 is 23.2 Å². The van der Waals surface area contributed by atoms with Gasteiger partial charge in [-0.05, 0) is 12.1 Å². The van der Waals surface area contributed by atoms with E-state index < -0.39 is 0 Å². The average Bonchev–Trinajstić information content (AvgIpc) is 2.23. The Morgan fingerprint density at radius 2 is 2.00 bits per heavy atom. The van der Waals surface area contributed by atoms with E-state index in [0.717, 1.165) is 0 Å². The molecule has 0 aliphatic carbocycles. The molecule has 1 rings (SSSR count). The Labute approximate surface area is 106 Å². The minimum absolute atomic E-state index is 0.0532. The van der Waals surface area contributed by atoms with Gasteiger partial charge in [-0.25, -0.2) is 0 Å². The Morgan fingerprint density at radius 1 is 1.31 bits per heavy atom. The van der Waals surface area contributed by atoms with Gasteiger partial charge in [0.1, 0.15) is 11.5 Å². The molecule has 0 aromatic heterocycles. The van der Waals surface area contributed by atoms with Crippen molar-refractivity contribution < 1.29 is 9.53 Å². The van der Waals surface area contributed by atoms with E-state index in [-0.39, 0.29) is 11.7 Å². The van der Waals surface area contributed by atoms with Crippen molar-refractivity contribution >= 4 is 29.0 Å². The molecule has 0 bridgehead atoms. The van der Waals surface area contributed by atoms with E-state index in [1.165, 1.54) is 0 Å². The van der Waals surface area contributed by atoms with Crippen LogP contribution in [0.2, 0.25) is 10.0 Å². The van der Waals surface area contributed by atoms with Crippen LogP contribution in [0.1, 0.15) is 20.3 Å². The van der Waals surface area contributed by atoms with Gasteiger partial charge < -0.3 is 4.74 Å². The van der Waals surface area contributed by atoms with Crippen LogP contribution in [-0.2, 0) is 4.79 Å². The van der Waals surface area contributed by atoms with Crippen molar-refractivity contribution in [3.63, 3.8) is 0 Å². The number of hydrogen-bond donors (Lipinski definition) is 0. The fourth-order valence-electron chi connectivity index (χ4n) is 1.12. The van der Waals surface area contributed by atoms with E-state index in [1.54, 1.807) is 18.2 Å². The van der Waals surface area contributed by atoms with Crippen molar-refractivity contribution in [2.45, 2.75) is 20.3 Å². The van der Waals surface area contributed by atoms with Crippen molar-refractivity contribution in [3.8, 4) is 5.75 Å². The minimum atomic E-state index is 0.0532. The van der Waals surface area contributed by atoms with Crippen LogP contribution in [0.15, 0.2) is 18.2 Å². The number of benzene rings is 1. The quantitative estimate of drug-likeness (QED) is 0.801. The van der Waals surface area contributed by atoms with E-state index >= 15 is 0 Å². The van der Waals surface area contributed by atoms with Gasteiger partial charge in [-0.3, -0.25) is 4.79 Å². The first-order chi connectivity index (χ1) is 7.50. The van der Waals surface area contributed by atoms with Gasteiger partial charge in [-0.2, -0.15) is 0 Å². The van der Waals surface area contributed by atoms with Gasteiger partial charge in [-0.15, -0.1) is 0 Å². The summed E-state index contributed by atoms with van der Waals surface area (Å²) in [5, 5.41) is 0.946. The van der Waals surface area contributed by atoms with Gasteiger partial charge >= 0.3 is 0 Å². The van der Waals surface area contributed by atoms with Gasteiger partial charge in [0.25, 0.3) is 0 Å². The first kappa shape index (κ1) is 13.3. The second-order valence-corrected chi connectivity index (χ2v) is 4.61. The second-order valence-electron chi connectivity index (χ2n) is 3.80. The lowest BCUT2D eigenvalue weighted by Crippen LogP contribution is -2.11. The zero-order valence-electron chi connectivity index (χ0n) is 9.30. The molecule has 0 aliphatic heterocycles. The van der Waals surface area contributed by atoms with Gasteiger partial charge in [0.15, 0.2) is 0 Å². The molecular formula is C12H14Cl2O2. The summed E-state index contributed by atoms with van der Waals surface area (Å²) in [5.74, 6) is 0.878. The maximum absolute atomic E-state index is 11.3. The zero-order chi connectivity index (χ0) is 12.1. The van der Waals surface area contributed by atoms with Crippen LogP contribution in [0.25, 0.3) is 0 Å². The van der Waals surface area contributed by atoms with Crippen molar-refractivity contribution in [1.82, 2.24) is 0 Å². The SMILES string of the molecule is CC(C)C(=O)CCOc1ccc(Cl)c(Cl)c1. The molecule has 0 amide bonds. The Morgan fingerprint density at radius 3 is 2.56 bits per heavy atom. The summed E-state index contributed by atoms with van der Waals surface area (Å²) in [4.78, 5) is 11.3. The summed E-state index contributed by atoms with van der Waals surface area (Å²) < 4.78 is 5.40. The molecular weight excluding hydrogens is 247 g/mol. The number of carbonyl (C=O) groups excluding carboxylic acids is 1. The number of hydrogen-bond acceptors (Lipinski definition) is 2. The monoisotopic (exact) mass is 260 g/mol. The van der Waals surface area contributed by atoms with Crippen LogP contribution in [0.3, 0.4) is 0 Å². The summed E-state index contributed by atoms with van der Waals surface area (Å²) in [5.41, 5.74) is 0. The highest BCUT2D eigenvalue weighted by Crippen LogP contribution is 2.26. The van der Waals surface area contributed by atoms with Gasteiger partial charge in [-0.1, -0.05) is 37.0 Å². The summed E-state index contributed by atoms with van der Waals surface area (Å²) in [6.07, 6.45) is 0.415. The third-order valence-corrected chi connectivity index (χ3v) is 2.89. The van der Waals surface area contributed by atoms with Crippen LogP contribution < -0.4 is 4.74 Å². The fraction of sp³-hybridized carbons (Fsp3) is 0.417. The molecule has 0 N–H and O–H groups in total. The van der Waals surface area contributed by atoms with Gasteiger partial charge in [0.05, 0.1) is 16.7 Å². The molecule has 16 heavy (non-hydrogen) atoms. The number of Topliss-reactive ketones (excluding diaryl/α,β-unsaturated/α-hetero) is 1. The summed E-state index contributed by atoms with van der Waals surface area (Å²) in [6.45, 7) is 4.12. The molecule has 4 heteroatoms. The van der Waals surface area contributed by atoms with E-state index in [0.29, 0.717) is 28.8 Å². The van der Waals surface area contributed by atoms with Crippen LogP contribution in [-0.4, -0.2) is 12.4 Å². The third kappa shape index (κ3) is 4.03. The van der Waals surface area contributed by atoms with Crippen molar-refractivity contribution in [2.75, 3.05) is 6.61 Å². The summed E-state index contributed by atoms with van der Waals surface area (Å²) in [6, 6.07) is 5.04. The zero-order valence-corrected chi connectivity index (χ0v) is 10.8. The molecule has 0 heterocycles. The van der Waals surface area contributed by atoms with E-state index in [9.17, 15) is 4.79 Å². The standard InChI is InChI=1S/C12H14Cl2O2/c1-8(2)12(15)5-6-16-9-3-4-10(13)11(14)7-9/h3-4,7-8H,5-6H2,1-2H3. The van der Waals surface area contributed by atoms with E-state index in [4.69, 9.17) is 27.9 Å². The van der Waals surface area contributed by atoms with Gasteiger partial charge in [0, 0.05) is 18.4 Å². The van der Waals surface area contributed by atoms with Crippen molar-refractivity contribution in [3.05, 3.63) is 28.2 Å². The van der Waals surface area contributed by atoms with E-state index in [2.05, 4.69) is 0 Å². The molecule has 0 atom stereocenters. The molecule has 2 nitrogen and oxygen atoms in total. The molecule has 1 aromatic carbocycles. The molecule has 0 saturated heterocycles. The predicted octanol–water partition coefficient (Wildman–Crippen LogP) is 3.99. The third-order valence-electron chi connectivity index (χ3n) is 2.15. The molecule has 0 radical (unpaired) electrons. The van der Waals surface area contributed by atoms with Crippen LogP contribution in [0.5, 0.6) is 5.75 Å². The summed E-state index contributed by atoms with van der Waals surface area (Å²) >= 11 is 11.6. The Hall–Kier alpha value is -0.730. The normalized spacial score (nSPS) is 10.6. The minimum Gasteiger partial charge on any atom is -0.493 e. The number of halogens is 2. The van der Waals surface area contributed by atoms with Crippen LogP contribution in [0, 0.1) is 5.92 Å². The number of ketones is 1. The molecule has 0 aliphatic rings. The first-order valence-electron chi connectivity index (χ1n) is 5.11. The van der Waals surface area contributed by atoms with Crippen molar-refractivity contribution in [1.29, 1.82) is 0 Å². The van der Waals surface area contributed by atoms with Crippen LogP contribution in [0.4, 0.5) is 0 Å². The smallest absolute Gasteiger partial charge is 0.138 e. The molecule has 1 aromatic rings. The Kier molecular flexibility index (Phi) is 5.10. The number of carbonyl (C=O) groups is 1. The predicted molar refractivity (Wildman–Crippen MR) is 66.4 cm³/mol. The maximum atomic E-state index is 11.3. The van der Waals surface area contributed by atoms with Crippen molar-refractivity contribution in [2.24, 2.45) is 5.92 Å². The van der Waals surface area contributed by atoms with Gasteiger partial charge in [0.2, 0.25) is 0 Å². The molecule has 88 valence electrons. The largest absolute Gasteiger partial charge is 0.493 e. The number of ether oxygens (including phenoxy) is 1. The maximum Gasteiger partial charge on any atom is 0.138 e. The lowest BCUT2D eigenvalue weighted by Gasteiger charge is -2.07. The topological polar surface area (TPSA) is 26.3 Å². The van der Waals surface area contributed by atoms with E-state index in [1.807, 2.05) is 13.8 Å². The highest BCUT2D eigenvalue weighted by molar-refractivity contribution is 6.42. The molecule has 0 saturated carbocycles. The first-order valence-corrected chi connectivity index (χ1v) is 5.87. The highest BCUT2D eigenvalue weighted by Gasteiger charge is 2.07. The molecule has 0 unspecified atom stereocenters. The molecule has 0 fully saturated rings. The second kappa shape index (κ2) is 6.12. The highest BCUT2D eigenvalue weighted by atomic mass is 35.5. The fourth-order valence-corrected chi connectivity index (χ4v) is 1.41. The average molecular weight is 261 g/mol.